The molecular weight excluding hydrogens is 316 g/mol. The van der Waals surface area contributed by atoms with Crippen LogP contribution >= 0.6 is 15.9 Å². The van der Waals surface area contributed by atoms with Gasteiger partial charge in [-0.05, 0) is 41.8 Å². The van der Waals surface area contributed by atoms with E-state index in [2.05, 4.69) is 40.0 Å². The van der Waals surface area contributed by atoms with Crippen molar-refractivity contribution in [3.05, 3.63) is 58.4 Å². The second-order valence-corrected chi connectivity index (χ2v) is 5.91. The van der Waals surface area contributed by atoms with Crippen LogP contribution in [-0.4, -0.2) is 4.98 Å². The molecule has 1 heterocycles. The van der Waals surface area contributed by atoms with Crippen LogP contribution in [-0.2, 0) is 6.42 Å². The Labute approximate surface area is 125 Å². The molecule has 102 valence electrons. The first kappa shape index (κ1) is 13.2. The first-order valence-corrected chi connectivity index (χ1v) is 7.31. The van der Waals surface area contributed by atoms with E-state index in [0.717, 1.165) is 33.6 Å². The number of rotatable bonds is 3. The van der Waals surface area contributed by atoms with Gasteiger partial charge in [-0.15, -0.1) is 0 Å². The van der Waals surface area contributed by atoms with Crippen molar-refractivity contribution in [1.29, 1.82) is 0 Å². The van der Waals surface area contributed by atoms with Crippen LogP contribution in [0.25, 0.3) is 11.1 Å². The molecule has 1 unspecified atom stereocenters. The minimum atomic E-state index is 0.340. The van der Waals surface area contributed by atoms with Crippen molar-refractivity contribution in [3.63, 3.8) is 0 Å². The lowest BCUT2D eigenvalue weighted by atomic mass is 9.98. The highest BCUT2D eigenvalue weighted by atomic mass is 79.9. The first-order valence-electron chi connectivity index (χ1n) is 6.52. The minimum Gasteiger partial charge on any atom is -0.441 e. The molecule has 3 aromatic rings. The number of hydrogen-bond acceptors (Lipinski definition) is 3. The summed E-state index contributed by atoms with van der Waals surface area (Å²) in [6.45, 7) is 2.16. The van der Waals surface area contributed by atoms with Gasteiger partial charge in [-0.1, -0.05) is 35.0 Å². The maximum Gasteiger partial charge on any atom is 0.196 e. The summed E-state index contributed by atoms with van der Waals surface area (Å²) in [7, 11) is 0. The van der Waals surface area contributed by atoms with Crippen LogP contribution in [0.1, 0.15) is 24.3 Å². The summed E-state index contributed by atoms with van der Waals surface area (Å²) in [5.41, 5.74) is 9.45. The summed E-state index contributed by atoms with van der Waals surface area (Å²) in [5, 5.41) is 0. The van der Waals surface area contributed by atoms with Crippen molar-refractivity contribution in [1.82, 2.24) is 4.98 Å². The van der Waals surface area contributed by atoms with Gasteiger partial charge in [-0.2, -0.15) is 0 Å². The normalized spacial score (nSPS) is 12.7. The Bertz CT molecular complexity index is 734. The van der Waals surface area contributed by atoms with E-state index in [1.54, 1.807) is 0 Å². The highest BCUT2D eigenvalue weighted by Crippen LogP contribution is 2.25. The van der Waals surface area contributed by atoms with Gasteiger partial charge in [0.25, 0.3) is 0 Å². The van der Waals surface area contributed by atoms with E-state index >= 15 is 0 Å². The topological polar surface area (TPSA) is 52.0 Å². The van der Waals surface area contributed by atoms with E-state index in [9.17, 15) is 0 Å². The summed E-state index contributed by atoms with van der Waals surface area (Å²) in [4.78, 5) is 4.54. The zero-order chi connectivity index (χ0) is 14.1. The highest BCUT2D eigenvalue weighted by molar-refractivity contribution is 9.10. The molecule has 4 heteroatoms. The number of benzene rings is 2. The third-order valence-electron chi connectivity index (χ3n) is 3.38. The van der Waals surface area contributed by atoms with E-state index < -0.39 is 0 Å². The SMILES string of the molecule is CC(Cc1nc2cc(Br)ccc2o1)c1ccc(N)cc1. The molecule has 3 rings (SSSR count). The predicted octanol–water partition coefficient (Wildman–Crippen LogP) is 4.52. The Morgan fingerprint density at radius 2 is 1.95 bits per heavy atom. The number of halogens is 1. The van der Waals surface area contributed by atoms with Gasteiger partial charge in [0.1, 0.15) is 5.52 Å². The fourth-order valence-electron chi connectivity index (χ4n) is 2.24. The number of nitrogens with zero attached hydrogens (tertiary/aromatic N) is 1. The van der Waals surface area contributed by atoms with Gasteiger partial charge in [0.15, 0.2) is 11.5 Å². The van der Waals surface area contributed by atoms with E-state index in [1.165, 1.54) is 5.56 Å². The number of nitrogens with two attached hydrogens (primary N) is 1. The maximum absolute atomic E-state index is 5.78. The minimum absolute atomic E-state index is 0.340. The molecule has 0 amide bonds. The average molecular weight is 331 g/mol. The molecule has 0 spiro atoms. The monoisotopic (exact) mass is 330 g/mol. The first-order chi connectivity index (χ1) is 9.61. The second-order valence-electron chi connectivity index (χ2n) is 4.99. The van der Waals surface area contributed by atoms with Crippen molar-refractivity contribution in [2.45, 2.75) is 19.3 Å². The lowest BCUT2D eigenvalue weighted by Gasteiger charge is -2.09. The lowest BCUT2D eigenvalue weighted by Crippen LogP contribution is -1.99. The summed E-state index contributed by atoms with van der Waals surface area (Å²) < 4.78 is 6.79. The Morgan fingerprint density at radius 3 is 2.70 bits per heavy atom. The lowest BCUT2D eigenvalue weighted by molar-refractivity contribution is 0.508. The molecule has 0 saturated heterocycles. The van der Waals surface area contributed by atoms with Gasteiger partial charge in [0.2, 0.25) is 0 Å². The fourth-order valence-corrected chi connectivity index (χ4v) is 2.59. The molecule has 0 fully saturated rings. The predicted molar refractivity (Wildman–Crippen MR) is 84.7 cm³/mol. The van der Waals surface area contributed by atoms with Crippen molar-refractivity contribution < 1.29 is 4.42 Å². The van der Waals surface area contributed by atoms with Crippen LogP contribution in [0.2, 0.25) is 0 Å². The molecule has 0 aliphatic rings. The third-order valence-corrected chi connectivity index (χ3v) is 3.87. The molecule has 0 aliphatic heterocycles. The van der Waals surface area contributed by atoms with E-state index in [-0.39, 0.29) is 0 Å². The highest BCUT2D eigenvalue weighted by Gasteiger charge is 2.12. The Kier molecular flexibility index (Phi) is 3.49. The average Bonchev–Trinajstić information content (AvgIpc) is 2.80. The van der Waals surface area contributed by atoms with Gasteiger partial charge in [-0.3, -0.25) is 0 Å². The molecule has 0 radical (unpaired) electrons. The number of nitrogen functional groups attached to an aromatic ring is 1. The second kappa shape index (κ2) is 5.29. The molecule has 2 N–H and O–H groups in total. The number of hydrogen-bond donors (Lipinski definition) is 1. The Morgan fingerprint density at radius 1 is 1.20 bits per heavy atom. The van der Waals surface area contributed by atoms with E-state index in [4.69, 9.17) is 10.2 Å². The quantitative estimate of drug-likeness (QED) is 0.718. The van der Waals surface area contributed by atoms with Crippen LogP contribution < -0.4 is 5.73 Å². The maximum atomic E-state index is 5.78. The fraction of sp³-hybridized carbons (Fsp3) is 0.188. The third kappa shape index (κ3) is 2.70. The standard InChI is InChI=1S/C16H15BrN2O/c1-10(11-2-5-13(18)6-3-11)8-16-19-14-9-12(17)4-7-15(14)20-16/h2-7,9-10H,8,18H2,1H3. The molecule has 0 aliphatic carbocycles. The van der Waals surface area contributed by atoms with Crippen LogP contribution in [0.3, 0.4) is 0 Å². The van der Waals surface area contributed by atoms with E-state index in [1.807, 2.05) is 30.3 Å². The molecular formula is C16H15BrN2O. The molecule has 0 saturated carbocycles. The van der Waals surface area contributed by atoms with Crippen LogP contribution in [0.15, 0.2) is 51.4 Å². The van der Waals surface area contributed by atoms with Crippen molar-refractivity contribution >= 4 is 32.7 Å². The smallest absolute Gasteiger partial charge is 0.196 e. The zero-order valence-electron chi connectivity index (χ0n) is 11.1. The van der Waals surface area contributed by atoms with Crippen molar-refractivity contribution in [2.75, 3.05) is 5.73 Å². The summed E-state index contributed by atoms with van der Waals surface area (Å²) in [6.07, 6.45) is 0.774. The van der Waals surface area contributed by atoms with Crippen LogP contribution in [0, 0.1) is 0 Å². The van der Waals surface area contributed by atoms with Crippen molar-refractivity contribution in [2.24, 2.45) is 0 Å². The van der Waals surface area contributed by atoms with E-state index in [0.29, 0.717) is 5.92 Å². The van der Waals surface area contributed by atoms with Gasteiger partial charge in [0, 0.05) is 16.6 Å². The zero-order valence-corrected chi connectivity index (χ0v) is 12.7. The number of anilines is 1. The van der Waals surface area contributed by atoms with Gasteiger partial charge in [-0.25, -0.2) is 4.98 Å². The number of oxazole rings is 1. The molecule has 0 bridgehead atoms. The van der Waals surface area contributed by atoms with Crippen molar-refractivity contribution in [3.8, 4) is 0 Å². The summed E-state index contributed by atoms with van der Waals surface area (Å²) in [5.74, 6) is 1.11. The van der Waals surface area contributed by atoms with Crippen LogP contribution in [0.5, 0.6) is 0 Å². The Balaban J connectivity index is 1.83. The summed E-state index contributed by atoms with van der Waals surface area (Å²) in [6, 6.07) is 13.8. The van der Waals surface area contributed by atoms with Gasteiger partial charge < -0.3 is 10.2 Å². The molecule has 20 heavy (non-hydrogen) atoms. The number of aromatic nitrogens is 1. The summed E-state index contributed by atoms with van der Waals surface area (Å²) >= 11 is 3.44. The van der Waals surface area contributed by atoms with Gasteiger partial charge >= 0.3 is 0 Å². The molecule has 1 atom stereocenters. The molecule has 2 aromatic carbocycles. The molecule has 3 nitrogen and oxygen atoms in total. The number of fused-ring (bicyclic) bond motifs is 1. The Hall–Kier alpha value is -1.81. The van der Waals surface area contributed by atoms with Gasteiger partial charge in [0.05, 0.1) is 0 Å². The molecule has 1 aromatic heterocycles. The largest absolute Gasteiger partial charge is 0.441 e. The van der Waals surface area contributed by atoms with Crippen LogP contribution in [0.4, 0.5) is 5.69 Å².